The highest BCUT2D eigenvalue weighted by molar-refractivity contribution is 5.92. The van der Waals surface area contributed by atoms with E-state index in [-0.39, 0.29) is 6.10 Å². The zero-order chi connectivity index (χ0) is 19.7. The maximum atomic E-state index is 5.82. The quantitative estimate of drug-likeness (QED) is 0.540. The minimum absolute atomic E-state index is 0.105. The molecule has 7 heteroatoms. The van der Waals surface area contributed by atoms with Crippen LogP contribution in [0.5, 0.6) is 5.75 Å². The normalized spacial score (nSPS) is 11.5. The Labute approximate surface area is 163 Å². The van der Waals surface area contributed by atoms with Crippen molar-refractivity contribution in [3.8, 4) is 28.7 Å². The van der Waals surface area contributed by atoms with Crippen molar-refractivity contribution in [3.05, 3.63) is 42.2 Å². The third-order valence-electron chi connectivity index (χ3n) is 4.45. The Balaban J connectivity index is 1.74. The number of fused-ring (bicyclic) bond motifs is 1. The van der Waals surface area contributed by atoms with Gasteiger partial charge in [0, 0.05) is 23.8 Å². The lowest BCUT2D eigenvalue weighted by atomic mass is 10.2. The van der Waals surface area contributed by atoms with Crippen LogP contribution >= 0.6 is 0 Å². The molecule has 4 rings (SSSR count). The molecule has 3 heterocycles. The van der Waals surface area contributed by atoms with Crippen molar-refractivity contribution in [2.75, 3.05) is 0 Å². The fraction of sp³-hybridized carbons (Fsp3) is 0.333. The van der Waals surface area contributed by atoms with Crippen LogP contribution in [0, 0.1) is 6.92 Å². The van der Waals surface area contributed by atoms with E-state index in [1.165, 1.54) is 0 Å². The first-order valence-electron chi connectivity index (χ1n) is 9.58. The second-order valence-electron chi connectivity index (χ2n) is 7.11. The molecule has 0 aliphatic carbocycles. The number of aryl methyl sites for hydroxylation is 2. The monoisotopic (exact) mass is 376 g/mol. The molecule has 0 spiro atoms. The van der Waals surface area contributed by atoms with E-state index in [0.717, 1.165) is 46.7 Å². The molecule has 4 aromatic rings. The Bertz CT molecular complexity index is 1110. The average molecular weight is 376 g/mol. The first-order valence-corrected chi connectivity index (χ1v) is 9.58. The van der Waals surface area contributed by atoms with Crippen molar-refractivity contribution in [1.82, 2.24) is 29.9 Å². The Morgan fingerprint density at radius 2 is 2.00 bits per heavy atom. The minimum atomic E-state index is 0.105. The molecule has 7 nitrogen and oxygen atoms in total. The minimum Gasteiger partial charge on any atom is -0.491 e. The highest BCUT2D eigenvalue weighted by Crippen LogP contribution is 2.29. The molecular weight excluding hydrogens is 352 g/mol. The number of hydrogen-bond acceptors (Lipinski definition) is 5. The van der Waals surface area contributed by atoms with Crippen molar-refractivity contribution in [2.24, 2.45) is 0 Å². The molecule has 0 saturated heterocycles. The summed E-state index contributed by atoms with van der Waals surface area (Å²) in [7, 11) is 0. The summed E-state index contributed by atoms with van der Waals surface area (Å²) in [5, 5.41) is 13.1. The van der Waals surface area contributed by atoms with Crippen LogP contribution in [0.15, 0.2) is 36.5 Å². The molecule has 0 fully saturated rings. The van der Waals surface area contributed by atoms with Gasteiger partial charge in [-0.15, -0.1) is 0 Å². The van der Waals surface area contributed by atoms with Crippen LogP contribution in [0.25, 0.3) is 33.8 Å². The second kappa shape index (κ2) is 7.42. The van der Waals surface area contributed by atoms with Gasteiger partial charge in [0.25, 0.3) is 0 Å². The maximum absolute atomic E-state index is 5.82. The molecule has 0 aliphatic rings. The van der Waals surface area contributed by atoms with Gasteiger partial charge in [0.2, 0.25) is 0 Å². The van der Waals surface area contributed by atoms with Crippen LogP contribution in [0.2, 0.25) is 0 Å². The Kier molecular flexibility index (Phi) is 4.81. The van der Waals surface area contributed by atoms with E-state index in [1.54, 1.807) is 6.20 Å². The molecule has 0 unspecified atom stereocenters. The van der Waals surface area contributed by atoms with E-state index in [2.05, 4.69) is 40.2 Å². The smallest absolute Gasteiger partial charge is 0.181 e. The Morgan fingerprint density at radius 1 is 1.14 bits per heavy atom. The molecule has 0 saturated carbocycles. The van der Waals surface area contributed by atoms with E-state index in [1.807, 2.05) is 42.8 Å². The van der Waals surface area contributed by atoms with Gasteiger partial charge in [0.05, 0.1) is 17.3 Å². The van der Waals surface area contributed by atoms with Crippen LogP contribution < -0.4 is 4.74 Å². The third kappa shape index (κ3) is 3.47. The van der Waals surface area contributed by atoms with E-state index < -0.39 is 0 Å². The Morgan fingerprint density at radius 3 is 2.79 bits per heavy atom. The number of rotatable bonds is 6. The van der Waals surface area contributed by atoms with Gasteiger partial charge in [-0.05, 0) is 57.5 Å². The number of H-pyrrole nitrogens is 1. The van der Waals surface area contributed by atoms with Crippen molar-refractivity contribution < 1.29 is 4.74 Å². The van der Waals surface area contributed by atoms with Gasteiger partial charge < -0.3 is 4.74 Å². The molecule has 0 aliphatic heterocycles. The van der Waals surface area contributed by atoms with Crippen molar-refractivity contribution in [2.45, 2.75) is 46.8 Å². The van der Waals surface area contributed by atoms with Gasteiger partial charge in [-0.25, -0.2) is 9.97 Å². The second-order valence-corrected chi connectivity index (χ2v) is 7.11. The summed E-state index contributed by atoms with van der Waals surface area (Å²) in [5.41, 5.74) is 4.38. The third-order valence-corrected chi connectivity index (χ3v) is 4.45. The van der Waals surface area contributed by atoms with Gasteiger partial charge in [0.15, 0.2) is 5.82 Å². The van der Waals surface area contributed by atoms with Crippen molar-refractivity contribution >= 4 is 10.9 Å². The number of aromatic amines is 1. The molecule has 0 amide bonds. The van der Waals surface area contributed by atoms with Gasteiger partial charge in [-0.2, -0.15) is 10.2 Å². The summed E-state index contributed by atoms with van der Waals surface area (Å²) >= 11 is 0. The number of benzene rings is 1. The zero-order valence-corrected chi connectivity index (χ0v) is 16.6. The highest BCUT2D eigenvalue weighted by atomic mass is 16.5. The summed E-state index contributed by atoms with van der Waals surface area (Å²) < 4.78 is 7.83. The standard InChI is InChI=1S/C21H24N6O/c1-5-10-27-14(4)11-19(26-27)18-8-9-22-21(23-18)20-16-12-15(28-13(2)3)6-7-17(16)24-25-20/h6-9,11-13H,5,10H2,1-4H3,(H,24,25). The molecule has 0 radical (unpaired) electrons. The summed E-state index contributed by atoms with van der Waals surface area (Å²) in [5.74, 6) is 1.36. The van der Waals surface area contributed by atoms with Gasteiger partial charge in [-0.1, -0.05) is 6.92 Å². The number of nitrogens with zero attached hydrogens (tertiary/aromatic N) is 5. The number of nitrogens with one attached hydrogen (secondary N) is 1. The molecular formula is C21H24N6O. The summed E-state index contributed by atoms with van der Waals surface area (Å²) in [6.45, 7) is 9.11. The lowest BCUT2D eigenvalue weighted by molar-refractivity contribution is 0.243. The number of hydrogen-bond donors (Lipinski definition) is 1. The fourth-order valence-corrected chi connectivity index (χ4v) is 3.20. The van der Waals surface area contributed by atoms with E-state index in [0.29, 0.717) is 11.5 Å². The lowest BCUT2D eigenvalue weighted by Gasteiger charge is -2.09. The van der Waals surface area contributed by atoms with Crippen LogP contribution in [0.3, 0.4) is 0 Å². The highest BCUT2D eigenvalue weighted by Gasteiger charge is 2.15. The molecule has 0 bridgehead atoms. The summed E-state index contributed by atoms with van der Waals surface area (Å²) in [6.07, 6.45) is 2.89. The van der Waals surface area contributed by atoms with Crippen molar-refractivity contribution in [3.63, 3.8) is 0 Å². The first-order chi connectivity index (χ1) is 13.5. The maximum Gasteiger partial charge on any atom is 0.181 e. The molecule has 1 N–H and O–H groups in total. The van der Waals surface area contributed by atoms with Crippen LogP contribution in [-0.4, -0.2) is 36.0 Å². The van der Waals surface area contributed by atoms with Crippen LogP contribution in [0.4, 0.5) is 0 Å². The number of ether oxygens (including phenoxy) is 1. The molecule has 3 aromatic heterocycles. The molecule has 144 valence electrons. The van der Waals surface area contributed by atoms with Crippen LogP contribution in [0.1, 0.15) is 32.9 Å². The van der Waals surface area contributed by atoms with Gasteiger partial charge in [0.1, 0.15) is 17.1 Å². The molecule has 0 atom stereocenters. The lowest BCUT2D eigenvalue weighted by Crippen LogP contribution is -2.05. The largest absolute Gasteiger partial charge is 0.491 e. The van der Waals surface area contributed by atoms with E-state index >= 15 is 0 Å². The van der Waals surface area contributed by atoms with E-state index in [4.69, 9.17) is 9.72 Å². The SMILES string of the molecule is CCCn1nc(-c2ccnc(-c3n[nH]c4ccc(OC(C)C)cc34)n2)cc1C. The predicted octanol–water partition coefficient (Wildman–Crippen LogP) is 4.39. The van der Waals surface area contributed by atoms with Gasteiger partial charge >= 0.3 is 0 Å². The van der Waals surface area contributed by atoms with E-state index in [9.17, 15) is 0 Å². The summed E-state index contributed by atoms with van der Waals surface area (Å²) in [4.78, 5) is 9.18. The van der Waals surface area contributed by atoms with Crippen LogP contribution in [-0.2, 0) is 6.54 Å². The molecule has 28 heavy (non-hydrogen) atoms. The average Bonchev–Trinajstić information content (AvgIpc) is 3.25. The molecule has 1 aromatic carbocycles. The predicted molar refractivity (Wildman–Crippen MR) is 109 cm³/mol. The fourth-order valence-electron chi connectivity index (χ4n) is 3.20. The summed E-state index contributed by atoms with van der Waals surface area (Å²) in [6, 6.07) is 9.81. The van der Waals surface area contributed by atoms with Crippen molar-refractivity contribution in [1.29, 1.82) is 0 Å². The number of aromatic nitrogens is 6. The first kappa shape index (κ1) is 18.2. The Hall–Kier alpha value is -3.22. The topological polar surface area (TPSA) is 81.5 Å². The zero-order valence-electron chi connectivity index (χ0n) is 16.6. The van der Waals surface area contributed by atoms with Gasteiger partial charge in [-0.3, -0.25) is 9.78 Å².